The van der Waals surface area contributed by atoms with Crippen LogP contribution in [-0.2, 0) is 4.79 Å². The second-order valence-corrected chi connectivity index (χ2v) is 5.45. The zero-order chi connectivity index (χ0) is 14.7. The van der Waals surface area contributed by atoms with Crippen LogP contribution in [0.3, 0.4) is 0 Å². The summed E-state index contributed by atoms with van der Waals surface area (Å²) in [6.07, 6.45) is 0. The summed E-state index contributed by atoms with van der Waals surface area (Å²) in [6, 6.07) is 6.83. The molecule has 0 radical (unpaired) electrons. The zero-order valence-corrected chi connectivity index (χ0v) is 12.0. The minimum absolute atomic E-state index is 0.0646. The number of thioether (sulfide) groups is 1. The molecule has 0 amide bonds. The lowest BCUT2D eigenvalue weighted by atomic mass is 10.2. The largest absolute Gasteiger partial charge is 0.508 e. The molecule has 0 saturated heterocycles. The highest BCUT2D eigenvalue weighted by Crippen LogP contribution is 2.28. The number of carbonyl (C=O) groups is 1. The zero-order valence-electron chi connectivity index (χ0n) is 11.1. The molecule has 1 aromatic carbocycles. The van der Waals surface area contributed by atoms with E-state index >= 15 is 0 Å². The molecule has 2 aromatic rings. The van der Waals surface area contributed by atoms with E-state index in [4.69, 9.17) is 5.11 Å². The fraction of sp³-hybridized carbons (Fsp3) is 0.308. The minimum atomic E-state index is -0.896. The molecule has 0 bridgehead atoms. The summed E-state index contributed by atoms with van der Waals surface area (Å²) in [6.45, 7) is 3.95. The summed E-state index contributed by atoms with van der Waals surface area (Å²) in [5.74, 6) is -0.193. The first kappa shape index (κ1) is 14.4. The van der Waals surface area contributed by atoms with Gasteiger partial charge < -0.3 is 10.2 Å². The first-order chi connectivity index (χ1) is 9.49. The van der Waals surface area contributed by atoms with Crippen molar-refractivity contribution in [2.24, 2.45) is 0 Å². The van der Waals surface area contributed by atoms with Crippen molar-refractivity contribution >= 4 is 17.7 Å². The van der Waals surface area contributed by atoms with E-state index in [0.29, 0.717) is 11.0 Å². The molecular formula is C13H15N3O3S. The first-order valence-electron chi connectivity index (χ1n) is 6.08. The Morgan fingerprint density at radius 1 is 1.40 bits per heavy atom. The number of hydrogen-bond acceptors (Lipinski definition) is 5. The van der Waals surface area contributed by atoms with E-state index in [1.165, 1.54) is 0 Å². The van der Waals surface area contributed by atoms with Crippen molar-refractivity contribution in [3.63, 3.8) is 0 Å². The van der Waals surface area contributed by atoms with Gasteiger partial charge in [-0.1, -0.05) is 23.9 Å². The first-order valence-corrected chi connectivity index (χ1v) is 7.06. The summed E-state index contributed by atoms with van der Waals surface area (Å²) in [5.41, 5.74) is 0.744. The van der Waals surface area contributed by atoms with Crippen molar-refractivity contribution < 1.29 is 15.0 Å². The van der Waals surface area contributed by atoms with E-state index in [0.717, 1.165) is 17.3 Å². The lowest BCUT2D eigenvalue weighted by molar-refractivity contribution is -0.133. The SMILES string of the molecule is CC(C)n1c(SCC(=O)O)nnc1-c1cccc(O)c1. The molecule has 6 nitrogen and oxygen atoms in total. The molecule has 106 valence electrons. The van der Waals surface area contributed by atoms with Gasteiger partial charge >= 0.3 is 5.97 Å². The highest BCUT2D eigenvalue weighted by molar-refractivity contribution is 7.99. The van der Waals surface area contributed by atoms with E-state index in [-0.39, 0.29) is 17.5 Å². The van der Waals surface area contributed by atoms with Gasteiger partial charge in [0, 0.05) is 11.6 Å². The number of rotatable bonds is 5. The summed E-state index contributed by atoms with van der Waals surface area (Å²) in [5, 5.41) is 27.0. The van der Waals surface area contributed by atoms with Crippen LogP contribution in [0.25, 0.3) is 11.4 Å². The summed E-state index contributed by atoms with van der Waals surface area (Å²) in [4.78, 5) is 10.7. The Balaban J connectivity index is 2.41. The van der Waals surface area contributed by atoms with Crippen LogP contribution in [0.5, 0.6) is 5.75 Å². The van der Waals surface area contributed by atoms with Gasteiger partial charge in [0.25, 0.3) is 0 Å². The van der Waals surface area contributed by atoms with Crippen LogP contribution >= 0.6 is 11.8 Å². The Labute approximate surface area is 120 Å². The maximum atomic E-state index is 10.7. The molecule has 1 heterocycles. The van der Waals surface area contributed by atoms with Crippen LogP contribution in [0.2, 0.25) is 0 Å². The van der Waals surface area contributed by atoms with Crippen LogP contribution in [0.1, 0.15) is 19.9 Å². The van der Waals surface area contributed by atoms with Gasteiger partial charge in [-0.25, -0.2) is 0 Å². The number of nitrogens with zero attached hydrogens (tertiary/aromatic N) is 3. The highest BCUT2D eigenvalue weighted by atomic mass is 32.2. The quantitative estimate of drug-likeness (QED) is 0.823. The van der Waals surface area contributed by atoms with Gasteiger partial charge in [-0.15, -0.1) is 10.2 Å². The lowest BCUT2D eigenvalue weighted by Gasteiger charge is -2.13. The second kappa shape index (κ2) is 5.96. The molecule has 2 N–H and O–H groups in total. The Morgan fingerprint density at radius 2 is 2.15 bits per heavy atom. The molecule has 0 aliphatic rings. The number of benzene rings is 1. The highest BCUT2D eigenvalue weighted by Gasteiger charge is 2.17. The predicted octanol–water partition coefficient (Wildman–Crippen LogP) is 2.41. The van der Waals surface area contributed by atoms with Crippen LogP contribution < -0.4 is 0 Å². The van der Waals surface area contributed by atoms with Gasteiger partial charge in [0.15, 0.2) is 11.0 Å². The van der Waals surface area contributed by atoms with Crippen molar-refractivity contribution in [1.82, 2.24) is 14.8 Å². The second-order valence-electron chi connectivity index (χ2n) is 4.50. The standard InChI is InChI=1S/C13H15N3O3S/c1-8(2)16-12(9-4-3-5-10(17)6-9)14-15-13(16)20-7-11(18)19/h3-6,8,17H,7H2,1-2H3,(H,18,19). The van der Waals surface area contributed by atoms with Crippen LogP contribution in [0.4, 0.5) is 0 Å². The number of phenolic OH excluding ortho intramolecular Hbond substituents is 1. The Kier molecular flexibility index (Phi) is 4.29. The van der Waals surface area contributed by atoms with Crippen LogP contribution in [-0.4, -0.2) is 36.7 Å². The number of phenols is 1. The molecule has 0 unspecified atom stereocenters. The Hall–Kier alpha value is -2.02. The monoisotopic (exact) mass is 293 g/mol. The number of aromatic hydroxyl groups is 1. The number of aromatic nitrogens is 3. The topological polar surface area (TPSA) is 88.2 Å². The fourth-order valence-electron chi connectivity index (χ4n) is 1.81. The van der Waals surface area contributed by atoms with Gasteiger partial charge in [-0.3, -0.25) is 9.36 Å². The van der Waals surface area contributed by atoms with Crippen molar-refractivity contribution in [2.45, 2.75) is 25.0 Å². The number of aliphatic carboxylic acids is 1. The van der Waals surface area contributed by atoms with E-state index in [9.17, 15) is 9.90 Å². The maximum Gasteiger partial charge on any atom is 0.313 e. The Bertz CT molecular complexity index is 625. The minimum Gasteiger partial charge on any atom is -0.508 e. The van der Waals surface area contributed by atoms with Crippen molar-refractivity contribution in [2.75, 3.05) is 5.75 Å². The van der Waals surface area contributed by atoms with Gasteiger partial charge in [-0.05, 0) is 26.0 Å². The molecule has 0 spiro atoms. The van der Waals surface area contributed by atoms with E-state index in [1.807, 2.05) is 24.5 Å². The normalized spacial score (nSPS) is 10.9. The third-order valence-electron chi connectivity index (χ3n) is 2.61. The van der Waals surface area contributed by atoms with Gasteiger partial charge in [0.2, 0.25) is 0 Å². The lowest BCUT2D eigenvalue weighted by Crippen LogP contribution is -2.07. The molecule has 0 fully saturated rings. The van der Waals surface area contributed by atoms with Crippen molar-refractivity contribution in [1.29, 1.82) is 0 Å². The van der Waals surface area contributed by atoms with Gasteiger partial charge in [0.1, 0.15) is 5.75 Å². The van der Waals surface area contributed by atoms with Gasteiger partial charge in [0.05, 0.1) is 5.75 Å². The van der Waals surface area contributed by atoms with Crippen LogP contribution in [0, 0.1) is 0 Å². The van der Waals surface area contributed by atoms with Gasteiger partial charge in [-0.2, -0.15) is 0 Å². The van der Waals surface area contributed by atoms with Crippen molar-refractivity contribution in [3.8, 4) is 17.1 Å². The summed E-state index contributed by atoms with van der Waals surface area (Å²) >= 11 is 1.13. The molecule has 0 atom stereocenters. The number of hydrogen-bond donors (Lipinski definition) is 2. The van der Waals surface area contributed by atoms with Crippen molar-refractivity contribution in [3.05, 3.63) is 24.3 Å². The molecule has 0 saturated carbocycles. The third kappa shape index (κ3) is 3.11. The Morgan fingerprint density at radius 3 is 2.75 bits per heavy atom. The molecule has 0 aliphatic heterocycles. The summed E-state index contributed by atoms with van der Waals surface area (Å²) in [7, 11) is 0. The van der Waals surface area contributed by atoms with Crippen LogP contribution in [0.15, 0.2) is 29.4 Å². The molecule has 7 heteroatoms. The van der Waals surface area contributed by atoms with E-state index in [2.05, 4.69) is 10.2 Å². The predicted molar refractivity (Wildman–Crippen MR) is 75.9 cm³/mol. The smallest absolute Gasteiger partial charge is 0.313 e. The van der Waals surface area contributed by atoms with E-state index in [1.54, 1.807) is 18.2 Å². The molecule has 0 aliphatic carbocycles. The average Bonchev–Trinajstić information content (AvgIpc) is 2.80. The third-order valence-corrected chi connectivity index (χ3v) is 3.54. The molecular weight excluding hydrogens is 278 g/mol. The maximum absolute atomic E-state index is 10.7. The average molecular weight is 293 g/mol. The molecule has 2 rings (SSSR count). The fourth-order valence-corrected chi connectivity index (χ4v) is 2.60. The number of carboxylic acids is 1. The molecule has 1 aromatic heterocycles. The number of carboxylic acid groups (broad SMARTS) is 1. The summed E-state index contributed by atoms with van der Waals surface area (Å²) < 4.78 is 1.86. The van der Waals surface area contributed by atoms with E-state index < -0.39 is 5.97 Å². The molecule has 20 heavy (non-hydrogen) atoms.